The number of carbonyl (C=O) groups is 1. The van der Waals surface area contributed by atoms with E-state index in [1.54, 1.807) is 11.3 Å². The van der Waals surface area contributed by atoms with Crippen LogP contribution in [0.3, 0.4) is 0 Å². The van der Waals surface area contributed by atoms with Crippen LogP contribution in [0.25, 0.3) is 10.6 Å². The molecule has 0 saturated carbocycles. The van der Waals surface area contributed by atoms with E-state index in [-0.39, 0.29) is 18.4 Å². The van der Waals surface area contributed by atoms with Gasteiger partial charge in [0.05, 0.1) is 13.5 Å². The molecule has 0 aliphatic rings. The molecule has 100 valence electrons. The number of rotatable bonds is 4. The normalized spacial score (nSPS) is 12.2. The molecule has 0 radical (unpaired) electrons. The van der Waals surface area contributed by atoms with E-state index in [2.05, 4.69) is 9.72 Å². The Morgan fingerprint density at radius 1 is 1.42 bits per heavy atom. The molecule has 1 atom stereocenters. The molecule has 2 N–H and O–H groups in total. The number of hydrogen-bond donors (Lipinski definition) is 1. The van der Waals surface area contributed by atoms with Gasteiger partial charge in [0.15, 0.2) is 0 Å². The maximum Gasteiger partial charge on any atom is 0.307 e. The van der Waals surface area contributed by atoms with Crippen molar-refractivity contribution >= 4 is 17.3 Å². The highest BCUT2D eigenvalue weighted by Gasteiger charge is 2.12. The highest BCUT2D eigenvalue weighted by molar-refractivity contribution is 7.13. The van der Waals surface area contributed by atoms with Crippen LogP contribution in [0.5, 0.6) is 0 Å². The van der Waals surface area contributed by atoms with Gasteiger partial charge in [0, 0.05) is 22.7 Å². The molecule has 5 heteroatoms. The average molecular weight is 276 g/mol. The highest BCUT2D eigenvalue weighted by Crippen LogP contribution is 2.25. The maximum absolute atomic E-state index is 11.2. The minimum Gasteiger partial charge on any atom is -0.469 e. The predicted molar refractivity (Wildman–Crippen MR) is 75.8 cm³/mol. The zero-order chi connectivity index (χ0) is 13.8. The lowest BCUT2D eigenvalue weighted by molar-refractivity contribution is -0.141. The van der Waals surface area contributed by atoms with Gasteiger partial charge in [-0.15, -0.1) is 11.3 Å². The molecule has 0 aliphatic carbocycles. The summed E-state index contributed by atoms with van der Waals surface area (Å²) in [6.07, 6.45) is 0.187. The predicted octanol–water partition coefficient (Wildman–Crippen LogP) is 2.68. The van der Waals surface area contributed by atoms with Gasteiger partial charge in [-0.25, -0.2) is 4.98 Å². The second-order valence-electron chi connectivity index (χ2n) is 4.30. The zero-order valence-corrected chi connectivity index (χ0v) is 11.7. The third-order valence-corrected chi connectivity index (χ3v) is 3.83. The molecule has 0 saturated heterocycles. The Labute approximate surface area is 116 Å². The van der Waals surface area contributed by atoms with E-state index in [4.69, 9.17) is 5.73 Å². The lowest BCUT2D eigenvalue weighted by Gasteiger charge is -2.10. The molecular weight excluding hydrogens is 260 g/mol. The summed E-state index contributed by atoms with van der Waals surface area (Å²) in [7, 11) is 1.36. The summed E-state index contributed by atoms with van der Waals surface area (Å²) in [5.41, 5.74) is 8.95. The van der Waals surface area contributed by atoms with Gasteiger partial charge in [0.1, 0.15) is 5.01 Å². The molecule has 0 unspecified atom stereocenters. The third kappa shape index (κ3) is 3.39. The number of aryl methyl sites for hydroxylation is 1. The lowest BCUT2D eigenvalue weighted by atomic mass is 10.0. The first-order chi connectivity index (χ1) is 9.10. The number of benzene rings is 1. The van der Waals surface area contributed by atoms with Crippen LogP contribution in [-0.4, -0.2) is 18.1 Å². The standard InChI is InChI=1S/C14H16N2O2S/c1-9-8-19-14(16-9)11-5-3-10(4-6-11)12(15)7-13(17)18-2/h3-6,8,12H,7,15H2,1-2H3/t12-/m0/s1. The van der Waals surface area contributed by atoms with Gasteiger partial charge in [-0.05, 0) is 12.5 Å². The first-order valence-corrected chi connectivity index (χ1v) is 6.83. The Balaban J connectivity index is 2.12. The van der Waals surface area contributed by atoms with Crippen LogP contribution >= 0.6 is 11.3 Å². The molecule has 0 spiro atoms. The van der Waals surface area contributed by atoms with Crippen molar-refractivity contribution < 1.29 is 9.53 Å². The Morgan fingerprint density at radius 2 is 2.11 bits per heavy atom. The summed E-state index contributed by atoms with van der Waals surface area (Å²) in [5.74, 6) is -0.299. The fraction of sp³-hybridized carbons (Fsp3) is 0.286. The van der Waals surface area contributed by atoms with E-state index >= 15 is 0 Å². The van der Waals surface area contributed by atoms with Gasteiger partial charge in [0.2, 0.25) is 0 Å². The van der Waals surface area contributed by atoms with Gasteiger partial charge < -0.3 is 10.5 Å². The molecule has 0 bridgehead atoms. The highest BCUT2D eigenvalue weighted by atomic mass is 32.1. The number of hydrogen-bond acceptors (Lipinski definition) is 5. The van der Waals surface area contributed by atoms with Crippen molar-refractivity contribution in [3.05, 3.63) is 40.9 Å². The molecule has 2 aromatic rings. The maximum atomic E-state index is 11.2. The molecule has 1 heterocycles. The number of thiazole rings is 1. The Bertz CT molecular complexity index is 563. The van der Waals surface area contributed by atoms with Crippen LogP contribution in [0.15, 0.2) is 29.6 Å². The molecule has 0 fully saturated rings. The van der Waals surface area contributed by atoms with Crippen molar-refractivity contribution in [2.75, 3.05) is 7.11 Å². The van der Waals surface area contributed by atoms with E-state index in [1.807, 2.05) is 36.6 Å². The van der Waals surface area contributed by atoms with E-state index < -0.39 is 0 Å². The van der Waals surface area contributed by atoms with Crippen LogP contribution in [-0.2, 0) is 9.53 Å². The molecule has 1 aromatic heterocycles. The fourth-order valence-corrected chi connectivity index (χ4v) is 2.54. The summed E-state index contributed by atoms with van der Waals surface area (Å²) >= 11 is 1.61. The molecular formula is C14H16N2O2S. The van der Waals surface area contributed by atoms with Crippen LogP contribution in [0.2, 0.25) is 0 Å². The van der Waals surface area contributed by atoms with Gasteiger partial charge in [-0.2, -0.15) is 0 Å². The number of ether oxygens (including phenoxy) is 1. The number of carbonyl (C=O) groups excluding carboxylic acids is 1. The van der Waals surface area contributed by atoms with Crippen molar-refractivity contribution in [1.82, 2.24) is 4.98 Å². The number of esters is 1. The van der Waals surface area contributed by atoms with Crippen LogP contribution in [0, 0.1) is 6.92 Å². The molecule has 2 rings (SSSR count). The number of nitrogens with zero attached hydrogens (tertiary/aromatic N) is 1. The second-order valence-corrected chi connectivity index (χ2v) is 5.16. The van der Waals surface area contributed by atoms with Gasteiger partial charge in [-0.1, -0.05) is 24.3 Å². The lowest BCUT2D eigenvalue weighted by Crippen LogP contribution is -2.16. The summed E-state index contributed by atoms with van der Waals surface area (Å²) < 4.78 is 4.61. The largest absolute Gasteiger partial charge is 0.469 e. The number of aromatic nitrogens is 1. The van der Waals surface area contributed by atoms with Gasteiger partial charge >= 0.3 is 5.97 Å². The van der Waals surface area contributed by atoms with Crippen molar-refractivity contribution in [3.8, 4) is 10.6 Å². The third-order valence-electron chi connectivity index (χ3n) is 2.82. The Morgan fingerprint density at radius 3 is 2.63 bits per heavy atom. The average Bonchev–Trinajstić information content (AvgIpc) is 2.85. The van der Waals surface area contributed by atoms with Crippen molar-refractivity contribution in [3.63, 3.8) is 0 Å². The quantitative estimate of drug-likeness (QED) is 0.872. The van der Waals surface area contributed by atoms with Crippen molar-refractivity contribution in [1.29, 1.82) is 0 Å². The van der Waals surface area contributed by atoms with Crippen molar-refractivity contribution in [2.45, 2.75) is 19.4 Å². The van der Waals surface area contributed by atoms with Gasteiger partial charge in [0.25, 0.3) is 0 Å². The van der Waals surface area contributed by atoms with Crippen LogP contribution < -0.4 is 5.73 Å². The fourth-order valence-electron chi connectivity index (χ4n) is 1.74. The zero-order valence-electron chi connectivity index (χ0n) is 10.9. The first kappa shape index (κ1) is 13.7. The Hall–Kier alpha value is -1.72. The summed E-state index contributed by atoms with van der Waals surface area (Å²) in [6, 6.07) is 7.48. The molecule has 19 heavy (non-hydrogen) atoms. The SMILES string of the molecule is COC(=O)C[C@H](N)c1ccc(-c2nc(C)cs2)cc1. The molecule has 1 aromatic carbocycles. The minimum atomic E-state index is -0.334. The monoisotopic (exact) mass is 276 g/mol. The summed E-state index contributed by atoms with van der Waals surface area (Å²) in [4.78, 5) is 15.6. The van der Waals surface area contributed by atoms with E-state index in [1.165, 1.54) is 7.11 Å². The minimum absolute atomic E-state index is 0.187. The smallest absolute Gasteiger partial charge is 0.307 e. The molecule has 0 amide bonds. The van der Waals surface area contributed by atoms with Gasteiger partial charge in [-0.3, -0.25) is 4.79 Å². The second kappa shape index (κ2) is 5.95. The molecule has 0 aliphatic heterocycles. The van der Waals surface area contributed by atoms with E-state index in [9.17, 15) is 4.79 Å². The van der Waals surface area contributed by atoms with Crippen LogP contribution in [0.4, 0.5) is 0 Å². The number of methoxy groups -OCH3 is 1. The van der Waals surface area contributed by atoms with E-state index in [0.717, 1.165) is 21.8 Å². The topological polar surface area (TPSA) is 65.2 Å². The summed E-state index contributed by atoms with van der Waals surface area (Å²) in [6.45, 7) is 1.97. The van der Waals surface area contributed by atoms with Crippen molar-refractivity contribution in [2.24, 2.45) is 5.73 Å². The summed E-state index contributed by atoms with van der Waals surface area (Å²) in [5, 5.41) is 3.01. The molecule has 4 nitrogen and oxygen atoms in total. The first-order valence-electron chi connectivity index (χ1n) is 5.95. The Kier molecular flexibility index (Phi) is 4.29. The van der Waals surface area contributed by atoms with E-state index in [0.29, 0.717) is 0 Å². The van der Waals surface area contributed by atoms with Crippen LogP contribution in [0.1, 0.15) is 23.7 Å². The number of nitrogens with two attached hydrogens (primary N) is 1.